The van der Waals surface area contributed by atoms with Gasteiger partial charge >= 0.3 is 12.0 Å². The topological polar surface area (TPSA) is 96.9 Å². The van der Waals surface area contributed by atoms with Crippen molar-refractivity contribution in [2.24, 2.45) is 0 Å². The molecule has 2 rings (SSSR count). The highest BCUT2D eigenvalue weighted by Crippen LogP contribution is 2.42. The minimum atomic E-state index is -0.749. The Bertz CT molecular complexity index is 733. The van der Waals surface area contributed by atoms with Gasteiger partial charge in [-0.15, -0.1) is 0 Å². The number of nitrogens with one attached hydrogen (secondary N) is 2. The molecule has 0 aliphatic carbocycles. The van der Waals surface area contributed by atoms with Crippen LogP contribution in [0, 0.1) is 0 Å². The molecule has 1 atom stereocenters. The zero-order valence-corrected chi connectivity index (χ0v) is 16.6. The molecule has 0 radical (unpaired) electrons. The Labute approximate surface area is 160 Å². The minimum Gasteiger partial charge on any atom is -0.503 e. The first-order valence-electron chi connectivity index (χ1n) is 8.47. The van der Waals surface area contributed by atoms with Crippen molar-refractivity contribution < 1.29 is 24.2 Å². The number of ether oxygens (including phenoxy) is 2. The molecule has 0 saturated heterocycles. The largest absolute Gasteiger partial charge is 0.503 e. The van der Waals surface area contributed by atoms with Crippen LogP contribution in [-0.4, -0.2) is 30.8 Å². The lowest BCUT2D eigenvalue weighted by molar-refractivity contribution is -0.139. The maximum Gasteiger partial charge on any atom is 0.338 e. The molecule has 1 heterocycles. The Morgan fingerprint density at radius 2 is 2.08 bits per heavy atom. The van der Waals surface area contributed by atoms with Crippen molar-refractivity contribution in [1.82, 2.24) is 10.6 Å². The summed E-state index contributed by atoms with van der Waals surface area (Å²) in [5.41, 5.74) is 1.42. The molecule has 0 aromatic heterocycles. The average Bonchev–Trinajstić information content (AvgIpc) is 2.61. The molecule has 3 N–H and O–H groups in total. The molecule has 2 amide bonds. The van der Waals surface area contributed by atoms with Gasteiger partial charge in [-0.25, -0.2) is 9.59 Å². The van der Waals surface area contributed by atoms with Crippen molar-refractivity contribution in [2.75, 3.05) is 13.7 Å². The van der Waals surface area contributed by atoms with E-state index in [1.165, 1.54) is 7.11 Å². The smallest absolute Gasteiger partial charge is 0.338 e. The van der Waals surface area contributed by atoms with Crippen molar-refractivity contribution in [3.05, 3.63) is 33.4 Å². The number of carbonyl (C=O) groups is 2. The first kappa shape index (κ1) is 20.1. The molecule has 7 nitrogen and oxygen atoms in total. The highest BCUT2D eigenvalue weighted by atomic mass is 79.9. The van der Waals surface area contributed by atoms with E-state index in [-0.39, 0.29) is 18.1 Å². The normalized spacial score (nSPS) is 16.8. The van der Waals surface area contributed by atoms with Crippen LogP contribution in [0.2, 0.25) is 0 Å². The molecule has 0 fully saturated rings. The van der Waals surface area contributed by atoms with Crippen LogP contribution in [0.3, 0.4) is 0 Å². The number of methoxy groups -OCH3 is 1. The molecule has 1 aromatic carbocycles. The van der Waals surface area contributed by atoms with Crippen LogP contribution in [0.25, 0.3) is 0 Å². The van der Waals surface area contributed by atoms with Crippen molar-refractivity contribution in [2.45, 2.75) is 39.2 Å². The number of halogens is 1. The third-order valence-electron chi connectivity index (χ3n) is 4.07. The molecule has 1 aliphatic heterocycles. The predicted molar refractivity (Wildman–Crippen MR) is 100.0 cm³/mol. The van der Waals surface area contributed by atoms with Gasteiger partial charge in [0, 0.05) is 5.70 Å². The number of rotatable bonds is 7. The highest BCUT2D eigenvalue weighted by molar-refractivity contribution is 9.10. The summed E-state index contributed by atoms with van der Waals surface area (Å²) < 4.78 is 10.6. The number of esters is 1. The second-order valence-electron chi connectivity index (χ2n) is 5.77. The molecule has 142 valence electrons. The zero-order valence-electron chi connectivity index (χ0n) is 15.0. The van der Waals surface area contributed by atoms with E-state index in [4.69, 9.17) is 9.47 Å². The third kappa shape index (κ3) is 4.12. The van der Waals surface area contributed by atoms with Gasteiger partial charge in [0.25, 0.3) is 0 Å². The summed E-state index contributed by atoms with van der Waals surface area (Å²) in [6.07, 6.45) is 2.29. The van der Waals surface area contributed by atoms with Gasteiger partial charge in [-0.05, 0) is 47.3 Å². The molecule has 8 heteroatoms. The van der Waals surface area contributed by atoms with E-state index in [9.17, 15) is 14.7 Å². The predicted octanol–water partition coefficient (Wildman–Crippen LogP) is 3.52. The number of aromatic hydroxyl groups is 1. The lowest BCUT2D eigenvalue weighted by Gasteiger charge is -2.30. The Morgan fingerprint density at radius 1 is 1.35 bits per heavy atom. The number of benzene rings is 1. The van der Waals surface area contributed by atoms with Gasteiger partial charge in [0.1, 0.15) is 0 Å². The van der Waals surface area contributed by atoms with Gasteiger partial charge in [-0.2, -0.15) is 0 Å². The van der Waals surface area contributed by atoms with Gasteiger partial charge in [0.05, 0.1) is 29.8 Å². The summed E-state index contributed by atoms with van der Waals surface area (Å²) in [5, 5.41) is 15.7. The quantitative estimate of drug-likeness (QED) is 0.579. The molecular weight excluding hydrogens is 404 g/mol. The molecular formula is C18H23BrN2O5. The van der Waals surface area contributed by atoms with E-state index in [2.05, 4.69) is 26.6 Å². The number of amides is 2. The number of phenols is 1. The van der Waals surface area contributed by atoms with Crippen LogP contribution in [-0.2, 0) is 9.53 Å². The highest BCUT2D eigenvalue weighted by Gasteiger charge is 2.35. The van der Waals surface area contributed by atoms with Gasteiger partial charge in [-0.3, -0.25) is 0 Å². The summed E-state index contributed by atoms with van der Waals surface area (Å²) in [4.78, 5) is 24.8. The summed E-state index contributed by atoms with van der Waals surface area (Å²) in [7, 11) is 1.44. The fraction of sp³-hybridized carbons (Fsp3) is 0.444. The number of hydrogen-bond acceptors (Lipinski definition) is 5. The molecule has 0 saturated carbocycles. The zero-order chi connectivity index (χ0) is 19.3. The third-order valence-corrected chi connectivity index (χ3v) is 4.90. The molecule has 0 bridgehead atoms. The summed E-state index contributed by atoms with van der Waals surface area (Å²) in [6.45, 7) is 3.98. The van der Waals surface area contributed by atoms with Crippen molar-refractivity contribution >= 4 is 27.9 Å². The fourth-order valence-corrected chi connectivity index (χ4v) is 3.36. The molecule has 1 aromatic rings. The Kier molecular flexibility index (Phi) is 6.90. The lowest BCUT2D eigenvalue weighted by atomic mass is 9.93. The SMILES string of the molecule is CCCCC1=C(C(=O)OCC)C(c2ccc(OC)c(O)c2Br)NC(=O)N1. The average molecular weight is 427 g/mol. The second-order valence-corrected chi connectivity index (χ2v) is 6.56. The van der Waals surface area contributed by atoms with E-state index in [1.807, 2.05) is 6.92 Å². The molecule has 0 spiro atoms. The van der Waals surface area contributed by atoms with Gasteiger partial charge in [0.2, 0.25) is 0 Å². The minimum absolute atomic E-state index is 0.101. The van der Waals surface area contributed by atoms with E-state index in [1.54, 1.807) is 19.1 Å². The van der Waals surface area contributed by atoms with Crippen molar-refractivity contribution in [3.8, 4) is 11.5 Å². The van der Waals surface area contributed by atoms with Crippen LogP contribution in [0.4, 0.5) is 4.79 Å². The Balaban J connectivity index is 2.57. The van der Waals surface area contributed by atoms with E-state index in [0.717, 1.165) is 12.8 Å². The van der Waals surface area contributed by atoms with Crippen LogP contribution in [0.1, 0.15) is 44.7 Å². The van der Waals surface area contributed by atoms with Gasteiger partial charge < -0.3 is 25.2 Å². The van der Waals surface area contributed by atoms with Crippen molar-refractivity contribution in [3.63, 3.8) is 0 Å². The van der Waals surface area contributed by atoms with Crippen LogP contribution in [0.5, 0.6) is 11.5 Å². The van der Waals surface area contributed by atoms with Gasteiger partial charge in [0.15, 0.2) is 11.5 Å². The first-order valence-corrected chi connectivity index (χ1v) is 9.26. The van der Waals surface area contributed by atoms with E-state index < -0.39 is 18.0 Å². The number of unbranched alkanes of at least 4 members (excludes halogenated alkanes) is 1. The maximum atomic E-state index is 12.6. The first-order chi connectivity index (χ1) is 12.4. The summed E-state index contributed by atoms with van der Waals surface area (Å²) in [6, 6.07) is 2.12. The number of carbonyl (C=O) groups excluding carboxylic acids is 2. The molecule has 26 heavy (non-hydrogen) atoms. The van der Waals surface area contributed by atoms with E-state index >= 15 is 0 Å². The molecule has 1 unspecified atom stereocenters. The summed E-state index contributed by atoms with van der Waals surface area (Å²) >= 11 is 3.34. The number of urea groups is 1. The lowest BCUT2D eigenvalue weighted by Crippen LogP contribution is -2.46. The van der Waals surface area contributed by atoms with Crippen LogP contribution < -0.4 is 15.4 Å². The number of phenolic OH excluding ortho intramolecular Hbond substituents is 1. The number of allylic oxidation sites excluding steroid dienone is 1. The fourth-order valence-electron chi connectivity index (χ4n) is 2.80. The summed E-state index contributed by atoms with van der Waals surface area (Å²) in [5.74, 6) is -0.317. The number of hydrogen-bond donors (Lipinski definition) is 3. The molecule has 1 aliphatic rings. The van der Waals surface area contributed by atoms with Crippen LogP contribution in [0.15, 0.2) is 27.9 Å². The second kappa shape index (κ2) is 8.93. The van der Waals surface area contributed by atoms with Crippen LogP contribution >= 0.6 is 15.9 Å². The van der Waals surface area contributed by atoms with Gasteiger partial charge in [-0.1, -0.05) is 19.4 Å². The Morgan fingerprint density at radius 3 is 2.69 bits per heavy atom. The standard InChI is InChI=1S/C18H23BrN2O5/c1-4-6-7-11-13(17(23)26-5-2)15(21-18(24)20-11)10-8-9-12(25-3)16(22)14(10)19/h8-9,15,22H,4-7H2,1-3H3,(H2,20,21,24). The maximum absolute atomic E-state index is 12.6. The Hall–Kier alpha value is -2.22. The monoisotopic (exact) mass is 426 g/mol. The van der Waals surface area contributed by atoms with Crippen molar-refractivity contribution in [1.29, 1.82) is 0 Å². The van der Waals surface area contributed by atoms with E-state index in [0.29, 0.717) is 27.7 Å².